The summed E-state index contributed by atoms with van der Waals surface area (Å²) in [5.41, 5.74) is 2.51. The molecule has 0 N–H and O–H groups in total. The van der Waals surface area contributed by atoms with E-state index in [0.29, 0.717) is 36.8 Å². The number of hydrogen-bond donors (Lipinski definition) is 0. The van der Waals surface area contributed by atoms with Crippen LogP contribution in [0.5, 0.6) is 0 Å². The molecule has 0 radical (unpaired) electrons. The fourth-order valence-corrected chi connectivity index (χ4v) is 3.74. The topological polar surface area (TPSA) is 68.3 Å². The fourth-order valence-electron chi connectivity index (χ4n) is 3.61. The predicted octanol–water partition coefficient (Wildman–Crippen LogP) is 3.18. The Morgan fingerprint density at radius 2 is 1.62 bits per heavy atom. The van der Waals surface area contributed by atoms with Gasteiger partial charge < -0.3 is 19.1 Å². The lowest BCUT2D eigenvalue weighted by Crippen LogP contribution is -2.50. The summed E-state index contributed by atoms with van der Waals surface area (Å²) in [6.07, 6.45) is -0.159. The summed E-state index contributed by atoms with van der Waals surface area (Å²) in [6, 6.07) is 14.9. The highest BCUT2D eigenvalue weighted by Gasteiger charge is 2.24. The SMILES string of the molecule is COCC(=O)N1CCN(CC(OCc2ccc(C(=O)OC)cc2)c2ccc(Cl)cc2)CC1. The average molecular weight is 461 g/mol. The van der Waals surface area contributed by atoms with Gasteiger partial charge in [-0.15, -0.1) is 0 Å². The summed E-state index contributed by atoms with van der Waals surface area (Å²) in [7, 11) is 2.90. The first-order valence-corrected chi connectivity index (χ1v) is 10.9. The molecule has 1 saturated heterocycles. The Morgan fingerprint density at radius 3 is 2.22 bits per heavy atom. The number of benzene rings is 2. The Hall–Kier alpha value is -2.45. The lowest BCUT2D eigenvalue weighted by Gasteiger charge is -2.36. The van der Waals surface area contributed by atoms with Crippen LogP contribution in [0.2, 0.25) is 5.02 Å². The molecule has 32 heavy (non-hydrogen) atoms. The maximum absolute atomic E-state index is 12.0. The maximum Gasteiger partial charge on any atom is 0.337 e. The Bertz CT molecular complexity index is 880. The summed E-state index contributed by atoms with van der Waals surface area (Å²) in [4.78, 5) is 27.8. The van der Waals surface area contributed by atoms with Crippen molar-refractivity contribution in [3.8, 4) is 0 Å². The second-order valence-electron chi connectivity index (χ2n) is 7.65. The van der Waals surface area contributed by atoms with Crippen molar-refractivity contribution in [1.82, 2.24) is 9.80 Å². The molecule has 8 heteroatoms. The van der Waals surface area contributed by atoms with Crippen LogP contribution in [-0.2, 0) is 25.6 Å². The molecule has 3 rings (SSSR count). The molecular weight excluding hydrogens is 432 g/mol. The van der Waals surface area contributed by atoms with Crippen molar-refractivity contribution < 1.29 is 23.8 Å². The van der Waals surface area contributed by atoms with Crippen molar-refractivity contribution >= 4 is 23.5 Å². The van der Waals surface area contributed by atoms with E-state index in [1.54, 1.807) is 12.1 Å². The number of esters is 1. The minimum atomic E-state index is -0.361. The van der Waals surface area contributed by atoms with E-state index < -0.39 is 0 Å². The van der Waals surface area contributed by atoms with Gasteiger partial charge in [0.15, 0.2) is 0 Å². The lowest BCUT2D eigenvalue weighted by molar-refractivity contribution is -0.137. The highest BCUT2D eigenvalue weighted by Crippen LogP contribution is 2.23. The molecule has 0 aromatic heterocycles. The van der Waals surface area contributed by atoms with Crippen LogP contribution in [0.3, 0.4) is 0 Å². The van der Waals surface area contributed by atoms with Crippen LogP contribution in [-0.4, -0.2) is 75.2 Å². The molecule has 0 aliphatic carbocycles. The molecule has 1 aliphatic rings. The highest BCUT2D eigenvalue weighted by molar-refractivity contribution is 6.30. The number of methoxy groups -OCH3 is 2. The lowest BCUT2D eigenvalue weighted by atomic mass is 10.1. The van der Waals surface area contributed by atoms with Gasteiger partial charge in [0.1, 0.15) is 6.61 Å². The van der Waals surface area contributed by atoms with Crippen molar-refractivity contribution in [2.45, 2.75) is 12.7 Å². The summed E-state index contributed by atoms with van der Waals surface area (Å²) >= 11 is 6.07. The summed E-state index contributed by atoms with van der Waals surface area (Å²) in [6.45, 7) is 4.11. The Kier molecular flexibility index (Phi) is 9.05. The normalized spacial score (nSPS) is 15.4. The second kappa shape index (κ2) is 12.0. The fraction of sp³-hybridized carbons (Fsp3) is 0.417. The zero-order valence-electron chi connectivity index (χ0n) is 18.5. The third-order valence-electron chi connectivity index (χ3n) is 5.48. The second-order valence-corrected chi connectivity index (χ2v) is 8.09. The highest BCUT2D eigenvalue weighted by atomic mass is 35.5. The Labute approximate surface area is 193 Å². The van der Waals surface area contributed by atoms with Crippen molar-refractivity contribution in [3.63, 3.8) is 0 Å². The van der Waals surface area contributed by atoms with E-state index in [1.165, 1.54) is 14.2 Å². The van der Waals surface area contributed by atoms with Gasteiger partial charge in [-0.05, 0) is 35.4 Å². The van der Waals surface area contributed by atoms with Gasteiger partial charge in [-0.1, -0.05) is 35.9 Å². The van der Waals surface area contributed by atoms with Crippen molar-refractivity contribution in [3.05, 3.63) is 70.2 Å². The first-order valence-electron chi connectivity index (χ1n) is 10.5. The quantitative estimate of drug-likeness (QED) is 0.535. The third-order valence-corrected chi connectivity index (χ3v) is 5.74. The van der Waals surface area contributed by atoms with Crippen molar-refractivity contribution in [2.24, 2.45) is 0 Å². The third kappa shape index (κ3) is 6.77. The van der Waals surface area contributed by atoms with E-state index in [4.69, 9.17) is 25.8 Å². The van der Waals surface area contributed by atoms with E-state index >= 15 is 0 Å². The molecule has 0 saturated carbocycles. The summed E-state index contributed by atoms with van der Waals surface area (Å²) in [5, 5.41) is 0.677. The molecule has 0 bridgehead atoms. The van der Waals surface area contributed by atoms with E-state index in [0.717, 1.165) is 24.2 Å². The first-order chi connectivity index (χ1) is 15.5. The molecular formula is C24H29ClN2O5. The minimum Gasteiger partial charge on any atom is -0.465 e. The van der Waals surface area contributed by atoms with Crippen LogP contribution in [0.15, 0.2) is 48.5 Å². The molecule has 1 amide bonds. The minimum absolute atomic E-state index is 0.0213. The van der Waals surface area contributed by atoms with Gasteiger partial charge in [-0.25, -0.2) is 4.79 Å². The number of rotatable bonds is 9. The Balaban J connectivity index is 1.62. The largest absolute Gasteiger partial charge is 0.465 e. The molecule has 2 aromatic rings. The van der Waals surface area contributed by atoms with Gasteiger partial charge in [0, 0.05) is 44.9 Å². The smallest absolute Gasteiger partial charge is 0.337 e. The van der Waals surface area contributed by atoms with Gasteiger partial charge in [0.25, 0.3) is 0 Å². The number of piperazine rings is 1. The summed E-state index contributed by atoms with van der Waals surface area (Å²) < 4.78 is 16.0. The maximum atomic E-state index is 12.0. The van der Waals surface area contributed by atoms with Gasteiger partial charge in [-0.2, -0.15) is 0 Å². The number of hydrogen-bond acceptors (Lipinski definition) is 6. The zero-order chi connectivity index (χ0) is 22.9. The first kappa shape index (κ1) is 24.2. The van der Waals surface area contributed by atoms with Crippen molar-refractivity contribution in [2.75, 3.05) is 53.6 Å². The molecule has 2 aromatic carbocycles. The van der Waals surface area contributed by atoms with E-state index in [9.17, 15) is 9.59 Å². The molecule has 1 atom stereocenters. The Morgan fingerprint density at radius 1 is 0.969 bits per heavy atom. The van der Waals surface area contributed by atoms with E-state index in [1.807, 2.05) is 41.3 Å². The van der Waals surface area contributed by atoms with Gasteiger partial charge in [0.2, 0.25) is 5.91 Å². The number of nitrogens with zero attached hydrogens (tertiary/aromatic N) is 2. The predicted molar refractivity (Wildman–Crippen MR) is 122 cm³/mol. The zero-order valence-corrected chi connectivity index (χ0v) is 19.2. The number of ether oxygens (including phenoxy) is 3. The summed E-state index contributed by atoms with van der Waals surface area (Å²) in [5.74, 6) is -0.340. The van der Waals surface area contributed by atoms with Gasteiger partial charge >= 0.3 is 5.97 Å². The average Bonchev–Trinajstić information content (AvgIpc) is 2.82. The standard InChI is InChI=1S/C24H29ClN2O5/c1-30-17-23(28)27-13-11-26(12-14-27)15-22(19-7-9-21(25)10-8-19)32-16-18-3-5-20(6-4-18)24(29)31-2/h3-10,22H,11-17H2,1-2H3. The van der Waals surface area contributed by atoms with Crippen LogP contribution >= 0.6 is 11.6 Å². The van der Waals surface area contributed by atoms with Crippen LogP contribution in [0, 0.1) is 0 Å². The molecule has 1 unspecified atom stereocenters. The molecule has 1 aliphatic heterocycles. The van der Waals surface area contributed by atoms with E-state index in [-0.39, 0.29) is 24.6 Å². The van der Waals surface area contributed by atoms with Crippen LogP contribution < -0.4 is 0 Å². The molecule has 7 nitrogen and oxygen atoms in total. The van der Waals surface area contributed by atoms with Gasteiger partial charge in [0.05, 0.1) is 25.4 Å². The number of carbonyl (C=O) groups excluding carboxylic acids is 2. The molecule has 1 fully saturated rings. The monoisotopic (exact) mass is 460 g/mol. The van der Waals surface area contributed by atoms with Crippen LogP contribution in [0.1, 0.15) is 27.6 Å². The molecule has 0 spiro atoms. The van der Waals surface area contributed by atoms with Crippen LogP contribution in [0.4, 0.5) is 0 Å². The van der Waals surface area contributed by atoms with Crippen LogP contribution in [0.25, 0.3) is 0 Å². The number of carbonyl (C=O) groups is 2. The van der Waals surface area contributed by atoms with Gasteiger partial charge in [-0.3, -0.25) is 9.69 Å². The van der Waals surface area contributed by atoms with Crippen molar-refractivity contribution in [1.29, 1.82) is 0 Å². The van der Waals surface area contributed by atoms with E-state index in [2.05, 4.69) is 4.90 Å². The number of amides is 1. The number of halogens is 1. The molecule has 172 valence electrons. The molecule has 1 heterocycles.